The van der Waals surface area contributed by atoms with Gasteiger partial charge in [0.05, 0.1) is 12.5 Å². The highest BCUT2D eigenvalue weighted by atomic mass is 16.5. The first-order valence-electron chi connectivity index (χ1n) is 8.03. The first-order chi connectivity index (χ1) is 11.7. The molecule has 2 rings (SSSR count). The van der Waals surface area contributed by atoms with E-state index in [4.69, 9.17) is 17.6 Å². The van der Waals surface area contributed by atoms with Crippen LogP contribution in [0.5, 0.6) is 0 Å². The predicted octanol–water partition coefficient (Wildman–Crippen LogP) is 3.42. The first-order valence-corrected chi connectivity index (χ1v) is 8.03. The molecule has 1 aliphatic carbocycles. The monoisotopic (exact) mass is 317 g/mol. The maximum atomic E-state index is 5.49. The van der Waals surface area contributed by atoms with Crippen molar-refractivity contribution in [3.63, 3.8) is 0 Å². The van der Waals surface area contributed by atoms with Gasteiger partial charge in [0.2, 0.25) is 0 Å². The van der Waals surface area contributed by atoms with Gasteiger partial charge in [-0.15, -0.1) is 12.8 Å². The quantitative estimate of drug-likeness (QED) is 0.715. The van der Waals surface area contributed by atoms with Gasteiger partial charge < -0.3 is 4.74 Å². The first kappa shape index (κ1) is 17.8. The molecule has 0 saturated heterocycles. The van der Waals surface area contributed by atoms with Crippen molar-refractivity contribution >= 4 is 0 Å². The number of benzene rings is 1. The summed E-state index contributed by atoms with van der Waals surface area (Å²) in [4.78, 5) is 2.36. The normalized spacial score (nSPS) is 16.3. The highest BCUT2D eigenvalue weighted by Crippen LogP contribution is 2.13. The molecule has 1 atom stereocenters. The molecule has 2 nitrogen and oxygen atoms in total. The highest BCUT2D eigenvalue weighted by Gasteiger charge is 2.09. The van der Waals surface area contributed by atoms with E-state index in [0.717, 1.165) is 25.2 Å². The lowest BCUT2D eigenvalue weighted by atomic mass is 10.1. The minimum atomic E-state index is 0.0717. The van der Waals surface area contributed by atoms with E-state index >= 15 is 0 Å². The lowest BCUT2D eigenvalue weighted by molar-refractivity contribution is 0.150. The lowest BCUT2D eigenvalue weighted by Gasteiger charge is -2.22. The zero-order chi connectivity index (χ0) is 17.2. The third-order valence-corrected chi connectivity index (χ3v) is 3.88. The van der Waals surface area contributed by atoms with Gasteiger partial charge in [-0.2, -0.15) is 0 Å². The summed E-state index contributed by atoms with van der Waals surface area (Å²) >= 11 is 0. The minimum absolute atomic E-state index is 0.0717. The molecule has 0 aromatic heterocycles. The molecule has 0 radical (unpaired) electrons. The number of ether oxygens (including phenoxy) is 1. The predicted molar refractivity (Wildman–Crippen MR) is 100 cm³/mol. The van der Waals surface area contributed by atoms with Crippen LogP contribution in [0.15, 0.2) is 60.2 Å². The fourth-order valence-corrected chi connectivity index (χ4v) is 2.52. The van der Waals surface area contributed by atoms with Crippen LogP contribution in [0.3, 0.4) is 0 Å². The molecule has 0 spiro atoms. The summed E-state index contributed by atoms with van der Waals surface area (Å²) in [6.45, 7) is 3.25. The molecule has 0 saturated carbocycles. The van der Waals surface area contributed by atoms with E-state index in [2.05, 4.69) is 47.1 Å². The third kappa shape index (κ3) is 5.60. The Morgan fingerprint density at radius 3 is 2.58 bits per heavy atom. The molecule has 1 aliphatic rings. The summed E-state index contributed by atoms with van der Waals surface area (Å²) < 4.78 is 5.25. The molecule has 2 heteroatoms. The number of rotatable bonds is 7. The average Bonchev–Trinajstić information content (AvgIpc) is 2.85. The second kappa shape index (κ2) is 9.58. The molecular weight excluding hydrogens is 294 g/mol. The average molecular weight is 317 g/mol. The van der Waals surface area contributed by atoms with E-state index in [1.165, 1.54) is 11.1 Å². The fourth-order valence-electron chi connectivity index (χ4n) is 2.52. The van der Waals surface area contributed by atoms with Gasteiger partial charge in [-0.25, -0.2) is 0 Å². The van der Waals surface area contributed by atoms with Gasteiger partial charge in [0.1, 0.15) is 0 Å². The zero-order valence-electron chi connectivity index (χ0n) is 14.1. The van der Waals surface area contributed by atoms with E-state index in [1.54, 1.807) is 7.11 Å². The summed E-state index contributed by atoms with van der Waals surface area (Å²) in [5.41, 5.74) is 3.38. The van der Waals surface area contributed by atoms with Crippen LogP contribution in [0.25, 0.3) is 0 Å². The van der Waals surface area contributed by atoms with Gasteiger partial charge in [0.15, 0.2) is 0 Å². The van der Waals surface area contributed by atoms with Gasteiger partial charge >= 0.3 is 0 Å². The maximum absolute atomic E-state index is 5.49. The van der Waals surface area contributed by atoms with Crippen LogP contribution in [0.4, 0.5) is 0 Å². The molecule has 1 aromatic carbocycles. The van der Waals surface area contributed by atoms with E-state index in [-0.39, 0.29) is 5.92 Å². The number of allylic oxidation sites excluding steroid dienone is 4. The summed E-state index contributed by atoms with van der Waals surface area (Å²) in [7, 11) is 1.73. The van der Waals surface area contributed by atoms with Gasteiger partial charge in [-0.3, -0.25) is 4.90 Å². The van der Waals surface area contributed by atoms with Gasteiger partial charge in [0.25, 0.3) is 0 Å². The van der Waals surface area contributed by atoms with Crippen molar-refractivity contribution in [2.24, 2.45) is 5.92 Å². The summed E-state index contributed by atoms with van der Waals surface area (Å²) in [5, 5.41) is 0. The third-order valence-electron chi connectivity index (χ3n) is 3.88. The Kier molecular flexibility index (Phi) is 7.12. The van der Waals surface area contributed by atoms with Crippen molar-refractivity contribution < 1.29 is 4.74 Å². The summed E-state index contributed by atoms with van der Waals surface area (Å²) in [6.07, 6.45) is 21.3. The Morgan fingerprint density at radius 2 is 1.92 bits per heavy atom. The van der Waals surface area contributed by atoms with E-state index < -0.39 is 0 Å². The standard InChI is InChI=1S/C22H23NO/c1-4-19-7-6-8-21(12-9-19)17-23(15-16-24-3)18-22-13-10-20(5-2)11-14-22/h1-2,6-14,19H,15-18H2,3H3. The molecule has 24 heavy (non-hydrogen) atoms. The lowest BCUT2D eigenvalue weighted by Crippen LogP contribution is -2.28. The fraction of sp³-hybridized carbons (Fsp3) is 0.273. The van der Waals surface area contributed by atoms with Crippen LogP contribution in [-0.2, 0) is 11.3 Å². The van der Waals surface area contributed by atoms with Crippen molar-refractivity contribution in [2.45, 2.75) is 6.54 Å². The second-order valence-electron chi connectivity index (χ2n) is 5.72. The molecule has 0 fully saturated rings. The van der Waals surface area contributed by atoms with Crippen LogP contribution in [0, 0.1) is 30.6 Å². The van der Waals surface area contributed by atoms with Gasteiger partial charge in [-0.1, -0.05) is 54.4 Å². The Balaban J connectivity index is 2.05. The van der Waals surface area contributed by atoms with Crippen LogP contribution in [0.1, 0.15) is 11.1 Å². The number of nitrogens with zero attached hydrogens (tertiary/aromatic N) is 1. The SMILES string of the molecule is C#Cc1ccc(CN(CCOC)CC2=CC=CC(C#C)C=C2)cc1. The van der Waals surface area contributed by atoms with Crippen molar-refractivity contribution in [1.29, 1.82) is 0 Å². The van der Waals surface area contributed by atoms with E-state index in [1.807, 2.05) is 24.3 Å². The number of terminal acetylenes is 2. The molecule has 0 bridgehead atoms. The number of hydrogen-bond acceptors (Lipinski definition) is 2. The van der Waals surface area contributed by atoms with Crippen LogP contribution < -0.4 is 0 Å². The smallest absolute Gasteiger partial charge is 0.0589 e. The van der Waals surface area contributed by atoms with Gasteiger partial charge in [-0.05, 0) is 23.3 Å². The highest BCUT2D eigenvalue weighted by molar-refractivity contribution is 5.35. The minimum Gasteiger partial charge on any atom is -0.383 e. The number of methoxy groups -OCH3 is 1. The van der Waals surface area contributed by atoms with E-state index in [0.29, 0.717) is 6.61 Å². The van der Waals surface area contributed by atoms with Gasteiger partial charge in [0, 0.05) is 32.3 Å². The topological polar surface area (TPSA) is 12.5 Å². The summed E-state index contributed by atoms with van der Waals surface area (Å²) in [5.74, 6) is 5.47. The Morgan fingerprint density at radius 1 is 1.12 bits per heavy atom. The number of hydrogen-bond donors (Lipinski definition) is 0. The summed E-state index contributed by atoms with van der Waals surface area (Å²) in [6, 6.07) is 8.13. The molecule has 0 amide bonds. The molecule has 0 heterocycles. The van der Waals surface area contributed by atoms with Crippen LogP contribution >= 0.6 is 0 Å². The van der Waals surface area contributed by atoms with Crippen LogP contribution in [0.2, 0.25) is 0 Å². The zero-order valence-corrected chi connectivity index (χ0v) is 14.1. The van der Waals surface area contributed by atoms with Crippen molar-refractivity contribution in [3.05, 3.63) is 71.3 Å². The van der Waals surface area contributed by atoms with E-state index in [9.17, 15) is 0 Å². The van der Waals surface area contributed by atoms with Crippen molar-refractivity contribution in [3.8, 4) is 24.7 Å². The van der Waals surface area contributed by atoms with Crippen molar-refractivity contribution in [1.82, 2.24) is 4.90 Å². The Bertz CT molecular complexity index is 695. The Labute approximate surface area is 145 Å². The second-order valence-corrected chi connectivity index (χ2v) is 5.72. The largest absolute Gasteiger partial charge is 0.383 e. The molecule has 122 valence electrons. The molecule has 0 aliphatic heterocycles. The molecular formula is C22H23NO. The maximum Gasteiger partial charge on any atom is 0.0589 e. The molecule has 1 unspecified atom stereocenters. The van der Waals surface area contributed by atoms with Crippen molar-refractivity contribution in [2.75, 3.05) is 26.8 Å². The molecule has 0 N–H and O–H groups in total. The Hall–Kier alpha value is -2.52. The molecule has 1 aromatic rings. The van der Waals surface area contributed by atoms with Crippen LogP contribution in [-0.4, -0.2) is 31.7 Å².